The Hall–Kier alpha value is -1.39. The minimum absolute atomic E-state index is 0.275. The first-order valence-corrected chi connectivity index (χ1v) is 6.18. The Balaban J connectivity index is 0.000000199. The van der Waals surface area contributed by atoms with Gasteiger partial charge in [0.15, 0.2) is 0 Å². The van der Waals surface area contributed by atoms with Gasteiger partial charge in [0.05, 0.1) is 12.7 Å². The summed E-state index contributed by atoms with van der Waals surface area (Å²) in [5, 5.41) is 3.27. The monoisotopic (exact) mass is 250 g/mol. The fraction of sp³-hybridized carbons (Fsp3) is 0.500. The van der Waals surface area contributed by atoms with Crippen molar-refractivity contribution in [2.24, 2.45) is 0 Å². The maximum absolute atomic E-state index is 11.0. The third kappa shape index (κ3) is 4.85. The molecule has 0 aliphatic carbocycles. The molecule has 0 saturated carbocycles. The van der Waals surface area contributed by atoms with E-state index in [2.05, 4.69) is 22.0 Å². The lowest BCUT2D eigenvalue weighted by Gasteiger charge is -2.21. The predicted molar refractivity (Wildman–Crippen MR) is 72.9 cm³/mol. The van der Waals surface area contributed by atoms with Gasteiger partial charge in [-0.2, -0.15) is 0 Å². The van der Waals surface area contributed by atoms with Crippen LogP contribution in [0.15, 0.2) is 24.3 Å². The molecule has 2 rings (SSSR count). The first-order chi connectivity index (χ1) is 8.65. The highest BCUT2D eigenvalue weighted by atomic mass is 16.5. The van der Waals surface area contributed by atoms with E-state index in [9.17, 15) is 4.79 Å². The third-order valence-electron chi connectivity index (χ3n) is 2.89. The number of hydrogen-bond acceptors (Lipinski definition) is 4. The van der Waals surface area contributed by atoms with Crippen LogP contribution in [0.2, 0.25) is 0 Å². The number of piperazine rings is 1. The number of methoxy groups -OCH3 is 1. The van der Waals surface area contributed by atoms with Gasteiger partial charge in [-0.3, -0.25) is 0 Å². The first kappa shape index (κ1) is 14.7. The van der Waals surface area contributed by atoms with Crippen molar-refractivity contribution in [1.82, 2.24) is 10.2 Å². The molecule has 1 saturated heterocycles. The molecule has 1 N–H and O–H groups in total. The number of rotatable bonds is 1. The van der Waals surface area contributed by atoms with E-state index in [1.54, 1.807) is 6.07 Å². The van der Waals surface area contributed by atoms with Crippen LogP contribution in [0, 0.1) is 6.92 Å². The highest BCUT2D eigenvalue weighted by Gasteiger charge is 2.05. The molecule has 0 amide bonds. The second kappa shape index (κ2) is 7.84. The second-order valence-electron chi connectivity index (χ2n) is 4.36. The van der Waals surface area contributed by atoms with Gasteiger partial charge in [0.1, 0.15) is 0 Å². The summed E-state index contributed by atoms with van der Waals surface area (Å²) in [6.45, 7) is 6.62. The molecule has 1 aromatic carbocycles. The van der Waals surface area contributed by atoms with E-state index in [-0.39, 0.29) is 5.97 Å². The molecule has 0 atom stereocenters. The van der Waals surface area contributed by atoms with Crippen LogP contribution in [0.1, 0.15) is 15.9 Å². The zero-order valence-corrected chi connectivity index (χ0v) is 11.4. The van der Waals surface area contributed by atoms with Gasteiger partial charge in [-0.25, -0.2) is 4.79 Å². The Morgan fingerprint density at radius 2 is 1.89 bits per heavy atom. The summed E-state index contributed by atoms with van der Waals surface area (Å²) >= 11 is 0. The standard InChI is InChI=1S/C9H10O2.C5H12N2/c1-7-5-3-4-6-8(7)9(10)11-2;1-7-4-2-6-3-5-7/h3-6H,1-2H3;6H,2-5H2,1H3. The van der Waals surface area contributed by atoms with Crippen molar-refractivity contribution in [1.29, 1.82) is 0 Å². The molecule has 0 radical (unpaired) electrons. The van der Waals surface area contributed by atoms with Crippen molar-refractivity contribution >= 4 is 5.97 Å². The molecule has 18 heavy (non-hydrogen) atoms. The third-order valence-corrected chi connectivity index (χ3v) is 2.89. The highest BCUT2D eigenvalue weighted by molar-refractivity contribution is 5.90. The van der Waals surface area contributed by atoms with Crippen molar-refractivity contribution < 1.29 is 9.53 Å². The van der Waals surface area contributed by atoms with E-state index in [1.807, 2.05) is 25.1 Å². The van der Waals surface area contributed by atoms with E-state index in [1.165, 1.54) is 20.2 Å². The minimum atomic E-state index is -0.275. The Kier molecular flexibility index (Phi) is 6.39. The number of hydrogen-bond donors (Lipinski definition) is 1. The van der Waals surface area contributed by atoms with Gasteiger partial charge in [0, 0.05) is 26.2 Å². The quantitative estimate of drug-likeness (QED) is 0.763. The zero-order chi connectivity index (χ0) is 13.4. The molecule has 0 unspecified atom stereocenters. The van der Waals surface area contributed by atoms with Crippen molar-refractivity contribution in [3.8, 4) is 0 Å². The fourth-order valence-corrected chi connectivity index (χ4v) is 1.69. The number of nitrogens with zero attached hydrogens (tertiary/aromatic N) is 1. The summed E-state index contributed by atoms with van der Waals surface area (Å²) < 4.78 is 4.58. The maximum atomic E-state index is 11.0. The molecular weight excluding hydrogens is 228 g/mol. The van der Waals surface area contributed by atoms with Gasteiger partial charge in [-0.1, -0.05) is 18.2 Å². The number of likely N-dealkylation sites (N-methyl/N-ethyl adjacent to an activating group) is 1. The van der Waals surface area contributed by atoms with Gasteiger partial charge >= 0.3 is 5.97 Å². The average molecular weight is 250 g/mol. The number of carbonyl (C=O) groups excluding carboxylic acids is 1. The lowest BCUT2D eigenvalue weighted by atomic mass is 10.1. The minimum Gasteiger partial charge on any atom is -0.465 e. The smallest absolute Gasteiger partial charge is 0.338 e. The summed E-state index contributed by atoms with van der Waals surface area (Å²) in [5.74, 6) is -0.275. The van der Waals surface area contributed by atoms with Crippen molar-refractivity contribution in [2.75, 3.05) is 40.3 Å². The summed E-state index contributed by atoms with van der Waals surface area (Å²) in [6, 6.07) is 7.34. The highest BCUT2D eigenvalue weighted by Crippen LogP contribution is 2.07. The van der Waals surface area contributed by atoms with Crippen LogP contribution in [0.4, 0.5) is 0 Å². The lowest BCUT2D eigenvalue weighted by molar-refractivity contribution is 0.0600. The molecule has 0 bridgehead atoms. The van der Waals surface area contributed by atoms with Gasteiger partial charge < -0.3 is 15.0 Å². The zero-order valence-electron chi connectivity index (χ0n) is 11.4. The van der Waals surface area contributed by atoms with E-state index in [4.69, 9.17) is 0 Å². The van der Waals surface area contributed by atoms with Crippen molar-refractivity contribution in [3.05, 3.63) is 35.4 Å². The van der Waals surface area contributed by atoms with Crippen LogP contribution < -0.4 is 5.32 Å². The summed E-state index contributed by atoms with van der Waals surface area (Å²) in [5.41, 5.74) is 1.58. The van der Waals surface area contributed by atoms with E-state index >= 15 is 0 Å². The van der Waals surface area contributed by atoms with E-state index in [0.29, 0.717) is 5.56 Å². The van der Waals surface area contributed by atoms with Crippen LogP contribution in [0.3, 0.4) is 0 Å². The molecule has 0 aromatic heterocycles. The summed E-state index contributed by atoms with van der Waals surface area (Å²) in [4.78, 5) is 13.3. The fourth-order valence-electron chi connectivity index (χ4n) is 1.69. The summed E-state index contributed by atoms with van der Waals surface area (Å²) in [6.07, 6.45) is 0. The Labute approximate surface area is 109 Å². The van der Waals surface area contributed by atoms with Gasteiger partial charge in [-0.05, 0) is 25.6 Å². The lowest BCUT2D eigenvalue weighted by Crippen LogP contribution is -2.40. The molecule has 100 valence electrons. The summed E-state index contributed by atoms with van der Waals surface area (Å²) in [7, 11) is 3.54. The second-order valence-corrected chi connectivity index (χ2v) is 4.36. The molecular formula is C14H22N2O2. The molecule has 1 aliphatic rings. The Bertz CT molecular complexity index is 374. The normalized spacial score (nSPS) is 15.5. The van der Waals surface area contributed by atoms with Crippen LogP contribution in [-0.4, -0.2) is 51.2 Å². The van der Waals surface area contributed by atoms with Gasteiger partial charge in [0.2, 0.25) is 0 Å². The Morgan fingerprint density at radius 3 is 2.33 bits per heavy atom. The Morgan fingerprint density at radius 1 is 1.28 bits per heavy atom. The predicted octanol–water partition coefficient (Wildman–Crippen LogP) is 1.30. The SMILES string of the molecule is CN1CCNCC1.COC(=O)c1ccccc1C. The molecule has 1 fully saturated rings. The topological polar surface area (TPSA) is 41.6 Å². The van der Waals surface area contributed by atoms with Gasteiger partial charge in [-0.15, -0.1) is 0 Å². The first-order valence-electron chi connectivity index (χ1n) is 6.18. The van der Waals surface area contributed by atoms with Crippen molar-refractivity contribution in [2.45, 2.75) is 6.92 Å². The molecule has 4 nitrogen and oxygen atoms in total. The van der Waals surface area contributed by atoms with Crippen LogP contribution in [-0.2, 0) is 4.74 Å². The van der Waals surface area contributed by atoms with Crippen LogP contribution >= 0.6 is 0 Å². The number of ether oxygens (including phenoxy) is 1. The number of esters is 1. The van der Waals surface area contributed by atoms with Crippen LogP contribution in [0.25, 0.3) is 0 Å². The molecule has 1 heterocycles. The van der Waals surface area contributed by atoms with E-state index in [0.717, 1.165) is 18.7 Å². The maximum Gasteiger partial charge on any atom is 0.338 e. The van der Waals surface area contributed by atoms with E-state index < -0.39 is 0 Å². The number of aryl methyl sites for hydroxylation is 1. The average Bonchev–Trinajstić information content (AvgIpc) is 2.40. The number of benzene rings is 1. The largest absolute Gasteiger partial charge is 0.465 e. The number of carbonyl (C=O) groups is 1. The van der Waals surface area contributed by atoms with Crippen molar-refractivity contribution in [3.63, 3.8) is 0 Å². The van der Waals surface area contributed by atoms with Crippen LogP contribution in [0.5, 0.6) is 0 Å². The van der Waals surface area contributed by atoms with Gasteiger partial charge in [0.25, 0.3) is 0 Å². The molecule has 1 aromatic rings. The number of nitrogens with one attached hydrogen (secondary N) is 1. The molecule has 0 spiro atoms. The molecule has 1 aliphatic heterocycles. The molecule has 4 heteroatoms.